The van der Waals surface area contributed by atoms with Gasteiger partial charge in [-0.15, -0.1) is 0 Å². The van der Waals surface area contributed by atoms with Crippen molar-refractivity contribution >= 4 is 34.9 Å². The van der Waals surface area contributed by atoms with Crippen molar-refractivity contribution < 1.29 is 0 Å². The highest BCUT2D eigenvalue weighted by Crippen LogP contribution is 2.27. The third-order valence-corrected chi connectivity index (χ3v) is 5.88. The van der Waals surface area contributed by atoms with E-state index >= 15 is 0 Å². The van der Waals surface area contributed by atoms with Crippen molar-refractivity contribution in [3.63, 3.8) is 0 Å². The van der Waals surface area contributed by atoms with Crippen LogP contribution in [0.3, 0.4) is 0 Å². The molecule has 3 heterocycles. The van der Waals surface area contributed by atoms with Gasteiger partial charge in [-0.1, -0.05) is 37.3 Å². The standard InChI is InChI=1S/C22H30N6S/c1-17-8-7-13-28(16-17)20-14-19(27-11-5-6-12-27)24-21(25-20)26-22(29)23-15-18-9-3-2-4-10-18/h2-4,9-10,14,17H,5-8,11-13,15-16H2,1H3,(H2,23,24,25,26,29)/t17-/m0/s1. The van der Waals surface area contributed by atoms with E-state index in [0.29, 0.717) is 23.5 Å². The van der Waals surface area contributed by atoms with Crippen LogP contribution in [-0.4, -0.2) is 41.3 Å². The van der Waals surface area contributed by atoms with Crippen molar-refractivity contribution in [2.24, 2.45) is 5.92 Å². The fourth-order valence-corrected chi connectivity index (χ4v) is 4.23. The summed E-state index contributed by atoms with van der Waals surface area (Å²) < 4.78 is 0. The number of hydrogen-bond acceptors (Lipinski definition) is 5. The molecule has 2 aliphatic heterocycles. The van der Waals surface area contributed by atoms with Crippen molar-refractivity contribution in [2.45, 2.75) is 39.2 Å². The highest BCUT2D eigenvalue weighted by Gasteiger charge is 2.21. The molecule has 1 aromatic carbocycles. The number of nitrogens with one attached hydrogen (secondary N) is 2. The van der Waals surface area contributed by atoms with Crippen LogP contribution in [0.5, 0.6) is 0 Å². The van der Waals surface area contributed by atoms with Gasteiger partial charge in [-0.25, -0.2) is 0 Å². The van der Waals surface area contributed by atoms with E-state index in [1.54, 1.807) is 0 Å². The first-order valence-electron chi connectivity index (χ1n) is 10.6. The number of aromatic nitrogens is 2. The smallest absolute Gasteiger partial charge is 0.232 e. The number of thiocarbonyl (C=S) groups is 1. The lowest BCUT2D eigenvalue weighted by Crippen LogP contribution is -2.35. The second-order valence-electron chi connectivity index (χ2n) is 8.09. The molecule has 29 heavy (non-hydrogen) atoms. The van der Waals surface area contributed by atoms with Gasteiger partial charge >= 0.3 is 0 Å². The van der Waals surface area contributed by atoms with E-state index in [2.05, 4.69) is 45.6 Å². The largest absolute Gasteiger partial charge is 0.358 e. The summed E-state index contributed by atoms with van der Waals surface area (Å²) in [5.41, 5.74) is 1.19. The highest BCUT2D eigenvalue weighted by atomic mass is 32.1. The van der Waals surface area contributed by atoms with Crippen LogP contribution in [0.1, 0.15) is 38.2 Å². The maximum Gasteiger partial charge on any atom is 0.232 e. The van der Waals surface area contributed by atoms with E-state index in [0.717, 1.165) is 37.8 Å². The number of hydrogen-bond donors (Lipinski definition) is 2. The van der Waals surface area contributed by atoms with Gasteiger partial charge in [-0.3, -0.25) is 0 Å². The molecular formula is C22H30N6S. The molecule has 0 unspecified atom stereocenters. The third kappa shape index (κ3) is 5.35. The molecule has 154 valence electrons. The quantitative estimate of drug-likeness (QED) is 0.727. The number of nitrogens with zero attached hydrogens (tertiary/aromatic N) is 4. The van der Waals surface area contributed by atoms with E-state index in [9.17, 15) is 0 Å². The molecule has 7 heteroatoms. The Kier molecular flexibility index (Phi) is 6.44. The minimum Gasteiger partial charge on any atom is -0.358 e. The van der Waals surface area contributed by atoms with Gasteiger partial charge in [-0.05, 0) is 49.4 Å². The summed E-state index contributed by atoms with van der Waals surface area (Å²) in [4.78, 5) is 14.3. The SMILES string of the molecule is C[C@H]1CCCN(c2cc(N3CCCC3)nc(NC(=S)NCc3ccccc3)n2)C1. The van der Waals surface area contributed by atoms with Gasteiger partial charge in [0, 0.05) is 38.8 Å². The molecule has 0 amide bonds. The first-order valence-corrected chi connectivity index (χ1v) is 11.1. The predicted molar refractivity (Wildman–Crippen MR) is 124 cm³/mol. The highest BCUT2D eigenvalue weighted by molar-refractivity contribution is 7.80. The van der Waals surface area contributed by atoms with Crippen LogP contribution in [0.15, 0.2) is 36.4 Å². The fraction of sp³-hybridized carbons (Fsp3) is 0.500. The second-order valence-corrected chi connectivity index (χ2v) is 8.50. The summed E-state index contributed by atoms with van der Waals surface area (Å²) in [6.07, 6.45) is 4.95. The summed E-state index contributed by atoms with van der Waals surface area (Å²) in [5, 5.41) is 7.01. The van der Waals surface area contributed by atoms with Gasteiger partial charge < -0.3 is 20.4 Å². The van der Waals surface area contributed by atoms with Gasteiger partial charge in [0.25, 0.3) is 0 Å². The van der Waals surface area contributed by atoms with E-state index in [1.807, 2.05) is 18.2 Å². The summed E-state index contributed by atoms with van der Waals surface area (Å²) in [5.74, 6) is 3.27. The summed E-state index contributed by atoms with van der Waals surface area (Å²) >= 11 is 5.50. The number of anilines is 3. The van der Waals surface area contributed by atoms with Crippen molar-refractivity contribution in [2.75, 3.05) is 41.3 Å². The second kappa shape index (κ2) is 9.39. The zero-order chi connectivity index (χ0) is 20.1. The molecular weight excluding hydrogens is 380 g/mol. The molecule has 2 fully saturated rings. The molecule has 6 nitrogen and oxygen atoms in total. The molecule has 0 spiro atoms. The van der Waals surface area contributed by atoms with Crippen molar-refractivity contribution in [1.29, 1.82) is 0 Å². The van der Waals surface area contributed by atoms with Gasteiger partial charge in [0.05, 0.1) is 0 Å². The van der Waals surface area contributed by atoms with Crippen LogP contribution in [0.2, 0.25) is 0 Å². The van der Waals surface area contributed by atoms with Gasteiger partial charge in [0.2, 0.25) is 5.95 Å². The molecule has 2 aliphatic rings. The van der Waals surface area contributed by atoms with Gasteiger partial charge in [0.15, 0.2) is 5.11 Å². The average Bonchev–Trinajstić information content (AvgIpc) is 3.28. The molecule has 2 N–H and O–H groups in total. The van der Waals surface area contributed by atoms with Gasteiger partial charge in [0.1, 0.15) is 11.6 Å². The normalized spacial score (nSPS) is 19.3. The van der Waals surface area contributed by atoms with Crippen molar-refractivity contribution in [3.05, 3.63) is 42.0 Å². The molecule has 2 aromatic rings. The lowest BCUT2D eigenvalue weighted by atomic mass is 10.0. The number of rotatable bonds is 5. The third-order valence-electron chi connectivity index (χ3n) is 5.63. The van der Waals surface area contributed by atoms with Crippen LogP contribution in [0.4, 0.5) is 17.6 Å². The Morgan fingerprint density at radius 2 is 1.72 bits per heavy atom. The Morgan fingerprint density at radius 3 is 2.45 bits per heavy atom. The minimum atomic E-state index is 0.547. The number of benzene rings is 1. The van der Waals surface area contributed by atoms with E-state index in [1.165, 1.54) is 31.2 Å². The topological polar surface area (TPSA) is 56.3 Å². The summed E-state index contributed by atoms with van der Waals surface area (Å²) in [6, 6.07) is 12.4. The lowest BCUT2D eigenvalue weighted by Gasteiger charge is -2.32. The molecule has 0 bridgehead atoms. The predicted octanol–water partition coefficient (Wildman–Crippen LogP) is 3.80. The fourth-order valence-electron chi connectivity index (χ4n) is 4.07. The van der Waals surface area contributed by atoms with Gasteiger partial charge in [-0.2, -0.15) is 9.97 Å². The van der Waals surface area contributed by atoms with Crippen LogP contribution >= 0.6 is 12.2 Å². The monoisotopic (exact) mass is 410 g/mol. The van der Waals surface area contributed by atoms with E-state index in [4.69, 9.17) is 22.2 Å². The van der Waals surface area contributed by atoms with Crippen LogP contribution < -0.4 is 20.4 Å². The number of piperidine rings is 1. The van der Waals surface area contributed by atoms with Crippen molar-refractivity contribution in [3.8, 4) is 0 Å². The Morgan fingerprint density at radius 1 is 1.03 bits per heavy atom. The lowest BCUT2D eigenvalue weighted by molar-refractivity contribution is 0.444. The first kappa shape index (κ1) is 19.9. The minimum absolute atomic E-state index is 0.547. The molecule has 4 rings (SSSR count). The summed E-state index contributed by atoms with van der Waals surface area (Å²) in [7, 11) is 0. The van der Waals surface area contributed by atoms with Crippen molar-refractivity contribution in [1.82, 2.24) is 15.3 Å². The molecule has 2 saturated heterocycles. The van der Waals surface area contributed by atoms with Crippen LogP contribution in [-0.2, 0) is 6.54 Å². The molecule has 0 saturated carbocycles. The summed E-state index contributed by atoms with van der Waals surface area (Å²) in [6.45, 7) is 7.21. The molecule has 1 atom stereocenters. The zero-order valence-corrected chi connectivity index (χ0v) is 17.9. The Hall–Kier alpha value is -2.41. The molecule has 0 aliphatic carbocycles. The molecule has 1 aromatic heterocycles. The Balaban J connectivity index is 1.49. The van der Waals surface area contributed by atoms with E-state index in [-0.39, 0.29) is 0 Å². The molecule has 0 radical (unpaired) electrons. The Bertz CT molecular complexity index is 821. The first-order chi connectivity index (χ1) is 14.2. The Labute approximate surface area is 178 Å². The maximum absolute atomic E-state index is 5.50. The maximum atomic E-state index is 5.50. The average molecular weight is 411 g/mol. The zero-order valence-electron chi connectivity index (χ0n) is 17.1. The van der Waals surface area contributed by atoms with Crippen LogP contribution in [0, 0.1) is 5.92 Å². The van der Waals surface area contributed by atoms with Crippen LogP contribution in [0.25, 0.3) is 0 Å². The van der Waals surface area contributed by atoms with E-state index < -0.39 is 0 Å².